The van der Waals surface area contributed by atoms with E-state index < -0.39 is 0 Å². The Kier molecular flexibility index (Phi) is 3.93. The summed E-state index contributed by atoms with van der Waals surface area (Å²) < 4.78 is 13.9. The minimum Gasteiger partial charge on any atom is -0.367 e. The zero-order valence-corrected chi connectivity index (χ0v) is 12.0. The lowest BCUT2D eigenvalue weighted by molar-refractivity contribution is 0.614. The zero-order valence-electron chi connectivity index (χ0n) is 11.3. The van der Waals surface area contributed by atoms with E-state index in [1.54, 1.807) is 6.07 Å². The van der Waals surface area contributed by atoms with Gasteiger partial charge in [-0.25, -0.2) is 4.39 Å². The van der Waals surface area contributed by atoms with Crippen LogP contribution in [0.3, 0.4) is 0 Å². The Morgan fingerprint density at radius 3 is 2.65 bits per heavy atom. The third-order valence-corrected chi connectivity index (χ3v) is 4.19. The van der Waals surface area contributed by atoms with E-state index in [2.05, 4.69) is 29.2 Å². The summed E-state index contributed by atoms with van der Waals surface area (Å²) in [5, 5.41) is 0. The van der Waals surface area contributed by atoms with E-state index in [1.165, 1.54) is 17.2 Å². The first-order valence-corrected chi connectivity index (χ1v) is 7.48. The fourth-order valence-corrected chi connectivity index (χ4v) is 3.15. The van der Waals surface area contributed by atoms with Crippen molar-refractivity contribution in [1.82, 2.24) is 0 Å². The van der Waals surface area contributed by atoms with Crippen molar-refractivity contribution in [3.05, 3.63) is 65.0 Å². The van der Waals surface area contributed by atoms with Crippen LogP contribution in [0.25, 0.3) is 0 Å². The van der Waals surface area contributed by atoms with Crippen LogP contribution in [0.4, 0.5) is 10.1 Å². The molecule has 20 heavy (non-hydrogen) atoms. The Morgan fingerprint density at radius 1 is 1.05 bits per heavy atom. The highest BCUT2D eigenvalue weighted by Gasteiger charge is 2.18. The van der Waals surface area contributed by atoms with Gasteiger partial charge >= 0.3 is 0 Å². The highest BCUT2D eigenvalue weighted by molar-refractivity contribution is 6.17. The molecular weight excluding hydrogens is 273 g/mol. The molecule has 3 heteroatoms. The number of hydrogen-bond donors (Lipinski definition) is 0. The molecule has 0 N–H and O–H groups in total. The molecule has 3 rings (SSSR count). The molecule has 1 aliphatic heterocycles. The first-order chi connectivity index (χ1) is 9.79. The number of anilines is 1. The molecule has 1 aliphatic rings. The van der Waals surface area contributed by atoms with Crippen LogP contribution in [0.15, 0.2) is 42.5 Å². The number of nitrogens with zero attached hydrogens (tertiary/aromatic N) is 1. The van der Waals surface area contributed by atoms with Crippen LogP contribution in [0.2, 0.25) is 0 Å². The molecule has 0 saturated carbocycles. The lowest BCUT2D eigenvalue weighted by Crippen LogP contribution is -2.24. The molecule has 0 atom stereocenters. The maximum absolute atomic E-state index is 13.9. The monoisotopic (exact) mass is 289 g/mol. The van der Waals surface area contributed by atoms with Crippen molar-refractivity contribution < 1.29 is 4.39 Å². The molecule has 2 aromatic carbocycles. The quantitative estimate of drug-likeness (QED) is 0.735. The summed E-state index contributed by atoms with van der Waals surface area (Å²) in [6, 6.07) is 13.7. The van der Waals surface area contributed by atoms with Crippen LogP contribution in [-0.2, 0) is 18.8 Å². The molecule has 0 bridgehead atoms. The van der Waals surface area contributed by atoms with Gasteiger partial charge in [0.1, 0.15) is 5.82 Å². The summed E-state index contributed by atoms with van der Waals surface area (Å²) in [7, 11) is 0. The van der Waals surface area contributed by atoms with Gasteiger partial charge in [0.25, 0.3) is 0 Å². The second-order valence-electron chi connectivity index (χ2n) is 5.16. The summed E-state index contributed by atoms with van der Waals surface area (Å²) in [4.78, 5) is 2.24. The molecule has 0 fully saturated rings. The van der Waals surface area contributed by atoms with Crippen molar-refractivity contribution in [2.24, 2.45) is 0 Å². The lowest BCUT2D eigenvalue weighted by atomic mass is 10.0. The smallest absolute Gasteiger partial charge is 0.129 e. The van der Waals surface area contributed by atoms with Crippen LogP contribution in [0, 0.1) is 5.82 Å². The second-order valence-corrected chi connectivity index (χ2v) is 5.43. The molecular formula is C17H17ClFN. The summed E-state index contributed by atoms with van der Waals surface area (Å²) in [5.74, 6) is -0.00445. The summed E-state index contributed by atoms with van der Waals surface area (Å²) >= 11 is 5.93. The van der Waals surface area contributed by atoms with E-state index in [0.29, 0.717) is 5.56 Å². The number of hydrogen-bond acceptors (Lipinski definition) is 1. The third-order valence-electron chi connectivity index (χ3n) is 3.92. The fourth-order valence-electron chi connectivity index (χ4n) is 2.88. The number of halogens is 2. The first-order valence-electron chi connectivity index (χ1n) is 6.94. The number of alkyl halides is 1. The molecule has 1 nitrogen and oxygen atoms in total. The van der Waals surface area contributed by atoms with E-state index >= 15 is 0 Å². The Hall–Kier alpha value is -1.54. The topological polar surface area (TPSA) is 3.24 Å². The van der Waals surface area contributed by atoms with Gasteiger partial charge in [-0.1, -0.05) is 30.3 Å². The number of rotatable bonds is 2. The zero-order chi connectivity index (χ0) is 13.9. The number of benzene rings is 2. The average Bonchev–Trinajstić information content (AvgIpc) is 2.69. The minimum atomic E-state index is -0.213. The summed E-state index contributed by atoms with van der Waals surface area (Å²) in [6.07, 6.45) is 2.16. The molecule has 0 aliphatic carbocycles. The van der Waals surface area contributed by atoms with Crippen LogP contribution >= 0.6 is 11.6 Å². The Labute approximate surface area is 124 Å². The predicted molar refractivity (Wildman–Crippen MR) is 81.8 cm³/mol. The average molecular weight is 290 g/mol. The Bertz CT molecular complexity index is 612. The van der Waals surface area contributed by atoms with Gasteiger partial charge in [-0.2, -0.15) is 0 Å². The van der Waals surface area contributed by atoms with Gasteiger partial charge in [-0.3, -0.25) is 0 Å². The normalized spacial score (nSPS) is 14.8. The van der Waals surface area contributed by atoms with Crippen molar-refractivity contribution in [2.75, 3.05) is 11.4 Å². The lowest BCUT2D eigenvalue weighted by Gasteiger charge is -2.25. The predicted octanol–water partition coefficient (Wildman–Crippen LogP) is 4.52. The van der Waals surface area contributed by atoms with Crippen molar-refractivity contribution >= 4 is 17.3 Å². The van der Waals surface area contributed by atoms with Crippen LogP contribution in [-0.4, -0.2) is 6.54 Å². The molecule has 0 aromatic heterocycles. The SMILES string of the molecule is Fc1cccc(N2CCCc3ccccc3C2)c1CCl. The van der Waals surface area contributed by atoms with Crippen LogP contribution < -0.4 is 4.90 Å². The highest BCUT2D eigenvalue weighted by atomic mass is 35.5. The highest BCUT2D eigenvalue weighted by Crippen LogP contribution is 2.29. The molecule has 0 spiro atoms. The first kappa shape index (κ1) is 13.4. The second kappa shape index (κ2) is 5.84. The molecule has 0 radical (unpaired) electrons. The number of fused-ring (bicyclic) bond motifs is 1. The largest absolute Gasteiger partial charge is 0.367 e. The van der Waals surface area contributed by atoms with E-state index in [4.69, 9.17) is 11.6 Å². The van der Waals surface area contributed by atoms with Gasteiger partial charge in [0.15, 0.2) is 0 Å². The van der Waals surface area contributed by atoms with Crippen molar-refractivity contribution in [3.8, 4) is 0 Å². The van der Waals surface area contributed by atoms with Crippen LogP contribution in [0.1, 0.15) is 23.1 Å². The molecule has 104 valence electrons. The van der Waals surface area contributed by atoms with Gasteiger partial charge in [0, 0.05) is 24.3 Å². The van der Waals surface area contributed by atoms with Gasteiger partial charge in [-0.15, -0.1) is 11.6 Å². The maximum Gasteiger partial charge on any atom is 0.129 e. The minimum absolute atomic E-state index is 0.208. The maximum atomic E-state index is 13.9. The van der Waals surface area contributed by atoms with Gasteiger partial charge in [0.2, 0.25) is 0 Å². The van der Waals surface area contributed by atoms with Gasteiger partial charge in [0.05, 0.1) is 5.88 Å². The van der Waals surface area contributed by atoms with Crippen molar-refractivity contribution in [3.63, 3.8) is 0 Å². The van der Waals surface area contributed by atoms with Gasteiger partial charge < -0.3 is 4.90 Å². The van der Waals surface area contributed by atoms with E-state index in [0.717, 1.165) is 31.6 Å². The van der Waals surface area contributed by atoms with Crippen molar-refractivity contribution in [1.29, 1.82) is 0 Å². The van der Waals surface area contributed by atoms with E-state index in [1.807, 2.05) is 6.07 Å². The molecule has 0 unspecified atom stereocenters. The Morgan fingerprint density at radius 2 is 1.85 bits per heavy atom. The number of aryl methyl sites for hydroxylation is 1. The van der Waals surface area contributed by atoms with E-state index in [-0.39, 0.29) is 11.7 Å². The molecule has 0 saturated heterocycles. The summed E-state index contributed by atoms with van der Waals surface area (Å²) in [5.41, 5.74) is 4.26. The standard InChI is InChI=1S/C17H17ClFN/c18-11-15-16(19)8-3-9-17(15)20-10-4-7-13-5-1-2-6-14(13)12-20/h1-3,5-6,8-9H,4,7,10-12H2. The molecule has 1 heterocycles. The van der Waals surface area contributed by atoms with Gasteiger partial charge in [-0.05, 0) is 36.1 Å². The fraction of sp³-hybridized carbons (Fsp3) is 0.294. The molecule has 2 aromatic rings. The summed E-state index contributed by atoms with van der Waals surface area (Å²) in [6.45, 7) is 1.76. The van der Waals surface area contributed by atoms with Crippen LogP contribution in [0.5, 0.6) is 0 Å². The third kappa shape index (κ3) is 2.53. The Balaban J connectivity index is 1.98. The van der Waals surface area contributed by atoms with E-state index in [9.17, 15) is 4.39 Å². The van der Waals surface area contributed by atoms with Crippen molar-refractivity contribution in [2.45, 2.75) is 25.3 Å². The molecule has 0 amide bonds.